The van der Waals surface area contributed by atoms with Crippen LogP contribution in [0, 0.1) is 0 Å². The molecule has 2 N–H and O–H groups in total. The quantitative estimate of drug-likeness (QED) is 0.585. The maximum Gasteiger partial charge on any atom is 0.257 e. The highest BCUT2D eigenvalue weighted by Gasteiger charge is 2.10. The fourth-order valence-corrected chi connectivity index (χ4v) is 3.20. The molecule has 3 rings (SSSR count). The molecule has 0 saturated heterocycles. The lowest BCUT2D eigenvalue weighted by Crippen LogP contribution is -2.14. The zero-order valence-electron chi connectivity index (χ0n) is 16.1. The van der Waals surface area contributed by atoms with Crippen LogP contribution in [0.25, 0.3) is 0 Å². The van der Waals surface area contributed by atoms with E-state index in [1.54, 1.807) is 50.1 Å². The maximum absolute atomic E-state index is 12.2. The summed E-state index contributed by atoms with van der Waals surface area (Å²) in [6.07, 6.45) is 2.52. The largest absolute Gasteiger partial charge is 0.493 e. The monoisotopic (exact) mass is 411 g/mol. The van der Waals surface area contributed by atoms with Crippen molar-refractivity contribution in [2.75, 3.05) is 24.9 Å². The smallest absolute Gasteiger partial charge is 0.257 e. The lowest BCUT2D eigenvalue weighted by molar-refractivity contribution is -0.116. The summed E-state index contributed by atoms with van der Waals surface area (Å²) in [5.74, 6) is 0.933. The van der Waals surface area contributed by atoms with E-state index >= 15 is 0 Å². The number of methoxy groups -OCH3 is 2. The van der Waals surface area contributed by atoms with Gasteiger partial charge in [0.25, 0.3) is 5.91 Å². The van der Waals surface area contributed by atoms with Gasteiger partial charge in [0, 0.05) is 29.2 Å². The molecular weight excluding hydrogens is 390 g/mol. The average molecular weight is 411 g/mol. The maximum atomic E-state index is 12.2. The van der Waals surface area contributed by atoms with Crippen LogP contribution in [0.2, 0.25) is 0 Å². The van der Waals surface area contributed by atoms with Crippen LogP contribution < -0.4 is 20.1 Å². The Labute approximate surface area is 172 Å². The highest BCUT2D eigenvalue weighted by atomic mass is 32.1. The summed E-state index contributed by atoms with van der Waals surface area (Å²) >= 11 is 1.35. The Bertz CT molecular complexity index is 972. The van der Waals surface area contributed by atoms with Gasteiger partial charge in [-0.05, 0) is 48.4 Å². The van der Waals surface area contributed by atoms with E-state index in [4.69, 9.17) is 9.47 Å². The molecule has 1 aromatic heterocycles. The molecule has 0 radical (unpaired) electrons. The molecule has 0 spiro atoms. The first-order valence-electron chi connectivity index (χ1n) is 8.90. The average Bonchev–Trinajstić information content (AvgIpc) is 3.25. The number of rotatable bonds is 8. The number of ether oxygens (including phenoxy) is 2. The predicted molar refractivity (Wildman–Crippen MR) is 113 cm³/mol. The first-order valence-corrected chi connectivity index (χ1v) is 9.78. The summed E-state index contributed by atoms with van der Waals surface area (Å²) in [6, 6.07) is 12.3. The van der Waals surface area contributed by atoms with Gasteiger partial charge in [0.2, 0.25) is 5.91 Å². The molecule has 1 heterocycles. The second-order valence-electron chi connectivity index (χ2n) is 6.11. The van der Waals surface area contributed by atoms with Crippen molar-refractivity contribution >= 4 is 34.0 Å². The van der Waals surface area contributed by atoms with Gasteiger partial charge >= 0.3 is 0 Å². The Morgan fingerprint density at radius 3 is 2.41 bits per heavy atom. The van der Waals surface area contributed by atoms with Crippen molar-refractivity contribution in [2.24, 2.45) is 0 Å². The van der Waals surface area contributed by atoms with Gasteiger partial charge in [0.1, 0.15) is 0 Å². The highest BCUT2D eigenvalue weighted by molar-refractivity contribution is 7.13. The SMILES string of the molecule is COc1ccc(CCC(=O)Nc2ccc(C(=O)Nc3nccs3)cc2)cc1OC. The number of aryl methyl sites for hydroxylation is 1. The molecule has 3 aromatic rings. The minimum atomic E-state index is -0.244. The number of nitrogens with one attached hydrogen (secondary N) is 2. The standard InChI is InChI=1S/C21H21N3O4S/c1-27-17-9-3-14(13-18(17)28-2)4-10-19(25)23-16-7-5-15(6-8-16)20(26)24-21-22-11-12-29-21/h3,5-9,11-13H,4,10H2,1-2H3,(H,23,25)(H,22,24,26). The Balaban J connectivity index is 1.52. The fourth-order valence-electron chi connectivity index (χ4n) is 2.68. The molecule has 0 unspecified atom stereocenters. The van der Waals surface area contributed by atoms with E-state index in [1.807, 2.05) is 18.2 Å². The van der Waals surface area contributed by atoms with E-state index in [-0.39, 0.29) is 11.8 Å². The minimum absolute atomic E-state index is 0.111. The lowest BCUT2D eigenvalue weighted by Gasteiger charge is -2.10. The molecular formula is C21H21N3O4S. The van der Waals surface area contributed by atoms with Crippen LogP contribution in [0.4, 0.5) is 10.8 Å². The zero-order chi connectivity index (χ0) is 20.6. The van der Waals surface area contributed by atoms with Gasteiger partial charge in [-0.1, -0.05) is 6.07 Å². The molecule has 0 aliphatic heterocycles. The molecule has 150 valence electrons. The van der Waals surface area contributed by atoms with Crippen LogP contribution in [0.5, 0.6) is 11.5 Å². The first-order chi connectivity index (χ1) is 14.1. The third-order valence-corrected chi connectivity index (χ3v) is 4.86. The number of hydrogen-bond acceptors (Lipinski definition) is 6. The van der Waals surface area contributed by atoms with E-state index in [0.29, 0.717) is 40.7 Å². The van der Waals surface area contributed by atoms with E-state index in [2.05, 4.69) is 15.6 Å². The number of aromatic nitrogens is 1. The molecule has 29 heavy (non-hydrogen) atoms. The number of hydrogen-bond donors (Lipinski definition) is 2. The van der Waals surface area contributed by atoms with Crippen LogP contribution in [0.1, 0.15) is 22.3 Å². The third-order valence-electron chi connectivity index (χ3n) is 4.17. The summed E-state index contributed by atoms with van der Waals surface area (Å²) in [5.41, 5.74) is 2.10. The second kappa shape index (κ2) is 9.70. The molecule has 0 bridgehead atoms. The fraction of sp³-hybridized carbons (Fsp3) is 0.190. The Hall–Kier alpha value is -3.39. The van der Waals surface area contributed by atoms with Crippen molar-refractivity contribution in [3.05, 3.63) is 65.2 Å². The number of thiazole rings is 1. The van der Waals surface area contributed by atoms with Gasteiger partial charge in [-0.25, -0.2) is 4.98 Å². The molecule has 0 aliphatic carbocycles. The predicted octanol–water partition coefficient (Wildman–Crippen LogP) is 3.98. The van der Waals surface area contributed by atoms with Gasteiger partial charge in [-0.3, -0.25) is 14.9 Å². The van der Waals surface area contributed by atoms with E-state index in [0.717, 1.165) is 5.56 Å². The molecule has 0 fully saturated rings. The lowest BCUT2D eigenvalue weighted by atomic mass is 10.1. The molecule has 0 saturated carbocycles. The molecule has 7 nitrogen and oxygen atoms in total. The van der Waals surface area contributed by atoms with E-state index < -0.39 is 0 Å². The molecule has 8 heteroatoms. The van der Waals surface area contributed by atoms with E-state index in [9.17, 15) is 9.59 Å². The minimum Gasteiger partial charge on any atom is -0.493 e. The number of nitrogens with zero attached hydrogens (tertiary/aromatic N) is 1. The number of amides is 2. The van der Waals surface area contributed by atoms with Crippen LogP contribution in [0.15, 0.2) is 54.0 Å². The second-order valence-corrected chi connectivity index (χ2v) is 7.00. The van der Waals surface area contributed by atoms with Crippen LogP contribution in [-0.4, -0.2) is 31.0 Å². The normalized spacial score (nSPS) is 10.3. The first kappa shape index (κ1) is 20.3. The Morgan fingerprint density at radius 2 is 1.76 bits per heavy atom. The number of carbonyl (C=O) groups is 2. The van der Waals surface area contributed by atoms with Gasteiger partial charge in [-0.15, -0.1) is 11.3 Å². The van der Waals surface area contributed by atoms with Crippen molar-refractivity contribution in [1.82, 2.24) is 4.98 Å². The van der Waals surface area contributed by atoms with Crippen molar-refractivity contribution in [2.45, 2.75) is 12.8 Å². The van der Waals surface area contributed by atoms with Crippen molar-refractivity contribution < 1.29 is 19.1 Å². The number of anilines is 2. The molecule has 2 aromatic carbocycles. The molecule has 0 atom stereocenters. The van der Waals surface area contributed by atoms with Crippen molar-refractivity contribution in [1.29, 1.82) is 0 Å². The van der Waals surface area contributed by atoms with Gasteiger partial charge in [-0.2, -0.15) is 0 Å². The van der Waals surface area contributed by atoms with E-state index in [1.165, 1.54) is 11.3 Å². The summed E-state index contributed by atoms with van der Waals surface area (Å²) in [6.45, 7) is 0. The topological polar surface area (TPSA) is 89.5 Å². The molecule has 0 aliphatic rings. The van der Waals surface area contributed by atoms with Crippen LogP contribution >= 0.6 is 11.3 Å². The van der Waals surface area contributed by atoms with Gasteiger partial charge in [0.05, 0.1) is 14.2 Å². The van der Waals surface area contributed by atoms with Crippen molar-refractivity contribution in [3.63, 3.8) is 0 Å². The number of carbonyl (C=O) groups excluding carboxylic acids is 2. The Morgan fingerprint density at radius 1 is 1.00 bits per heavy atom. The number of benzene rings is 2. The summed E-state index contributed by atoms with van der Waals surface area (Å²) < 4.78 is 10.5. The summed E-state index contributed by atoms with van der Waals surface area (Å²) in [7, 11) is 3.16. The zero-order valence-corrected chi connectivity index (χ0v) is 16.9. The molecule has 2 amide bonds. The highest BCUT2D eigenvalue weighted by Crippen LogP contribution is 2.28. The van der Waals surface area contributed by atoms with Crippen LogP contribution in [-0.2, 0) is 11.2 Å². The van der Waals surface area contributed by atoms with Crippen LogP contribution in [0.3, 0.4) is 0 Å². The summed E-state index contributed by atoms with van der Waals surface area (Å²) in [4.78, 5) is 28.4. The van der Waals surface area contributed by atoms with Crippen molar-refractivity contribution in [3.8, 4) is 11.5 Å². The summed E-state index contributed by atoms with van der Waals surface area (Å²) in [5, 5.41) is 7.89. The Kier molecular flexibility index (Phi) is 6.80. The van der Waals surface area contributed by atoms with Gasteiger partial charge in [0.15, 0.2) is 16.6 Å². The third kappa shape index (κ3) is 5.55. The van der Waals surface area contributed by atoms with Gasteiger partial charge < -0.3 is 14.8 Å².